The first kappa shape index (κ1) is 13.5. The van der Waals surface area contributed by atoms with Gasteiger partial charge in [-0.05, 0) is 26.7 Å². The SMILES string of the molecule is C/C=C/C=C/C(=O)N(CC(=O)OCC)C1CC1. The first-order valence-electron chi connectivity index (χ1n) is 5.94. The highest BCUT2D eigenvalue weighted by atomic mass is 16.5. The van der Waals surface area contributed by atoms with Gasteiger partial charge >= 0.3 is 5.97 Å². The lowest BCUT2D eigenvalue weighted by Gasteiger charge is -2.19. The van der Waals surface area contributed by atoms with Crippen molar-refractivity contribution in [1.29, 1.82) is 0 Å². The monoisotopic (exact) mass is 237 g/mol. The van der Waals surface area contributed by atoms with E-state index < -0.39 is 0 Å². The van der Waals surface area contributed by atoms with Gasteiger partial charge in [0.1, 0.15) is 6.54 Å². The molecule has 0 aliphatic heterocycles. The maximum Gasteiger partial charge on any atom is 0.325 e. The van der Waals surface area contributed by atoms with Crippen LogP contribution in [0.25, 0.3) is 0 Å². The van der Waals surface area contributed by atoms with Crippen molar-refractivity contribution in [1.82, 2.24) is 4.90 Å². The van der Waals surface area contributed by atoms with Crippen LogP contribution in [0.4, 0.5) is 0 Å². The Balaban J connectivity index is 2.53. The van der Waals surface area contributed by atoms with E-state index in [2.05, 4.69) is 0 Å². The van der Waals surface area contributed by atoms with E-state index in [0.717, 1.165) is 12.8 Å². The molecule has 1 aliphatic rings. The molecule has 0 bridgehead atoms. The molecule has 0 saturated heterocycles. The van der Waals surface area contributed by atoms with E-state index >= 15 is 0 Å². The average molecular weight is 237 g/mol. The second-order valence-electron chi connectivity index (χ2n) is 3.89. The number of amides is 1. The van der Waals surface area contributed by atoms with Crippen molar-refractivity contribution in [2.45, 2.75) is 32.7 Å². The van der Waals surface area contributed by atoms with Crippen molar-refractivity contribution >= 4 is 11.9 Å². The molecule has 4 nitrogen and oxygen atoms in total. The van der Waals surface area contributed by atoms with E-state index in [1.165, 1.54) is 6.08 Å². The van der Waals surface area contributed by atoms with Crippen molar-refractivity contribution in [3.8, 4) is 0 Å². The zero-order valence-corrected chi connectivity index (χ0v) is 10.4. The third kappa shape index (κ3) is 4.85. The van der Waals surface area contributed by atoms with Gasteiger partial charge in [-0.15, -0.1) is 0 Å². The van der Waals surface area contributed by atoms with Gasteiger partial charge in [0, 0.05) is 12.1 Å². The Kier molecular flexibility index (Phi) is 5.46. The Labute approximate surface area is 102 Å². The van der Waals surface area contributed by atoms with Gasteiger partial charge in [-0.1, -0.05) is 18.2 Å². The molecule has 1 saturated carbocycles. The Morgan fingerprint density at radius 3 is 2.59 bits per heavy atom. The summed E-state index contributed by atoms with van der Waals surface area (Å²) >= 11 is 0. The Morgan fingerprint density at radius 1 is 1.35 bits per heavy atom. The number of rotatable bonds is 6. The second kappa shape index (κ2) is 6.89. The van der Waals surface area contributed by atoms with Crippen LogP contribution in [0.1, 0.15) is 26.7 Å². The lowest BCUT2D eigenvalue weighted by Crippen LogP contribution is -2.37. The largest absolute Gasteiger partial charge is 0.465 e. The van der Waals surface area contributed by atoms with Gasteiger partial charge < -0.3 is 9.64 Å². The van der Waals surface area contributed by atoms with Crippen LogP contribution in [0.2, 0.25) is 0 Å². The zero-order chi connectivity index (χ0) is 12.7. The quantitative estimate of drug-likeness (QED) is 0.401. The van der Waals surface area contributed by atoms with E-state index in [9.17, 15) is 9.59 Å². The number of esters is 1. The number of ether oxygens (including phenoxy) is 1. The molecule has 4 heteroatoms. The minimum atomic E-state index is -0.341. The molecule has 0 radical (unpaired) electrons. The maximum absolute atomic E-state index is 11.8. The normalized spacial score (nSPS) is 15.4. The smallest absolute Gasteiger partial charge is 0.325 e. The van der Waals surface area contributed by atoms with Crippen LogP contribution in [0.15, 0.2) is 24.3 Å². The summed E-state index contributed by atoms with van der Waals surface area (Å²) in [6, 6.07) is 0.210. The van der Waals surface area contributed by atoms with E-state index in [4.69, 9.17) is 4.74 Å². The Hall–Kier alpha value is -1.58. The van der Waals surface area contributed by atoms with E-state index in [0.29, 0.717) is 6.61 Å². The summed E-state index contributed by atoms with van der Waals surface area (Å²) in [4.78, 5) is 24.8. The summed E-state index contributed by atoms with van der Waals surface area (Å²) in [5, 5.41) is 0. The van der Waals surface area contributed by atoms with Crippen LogP contribution in [0, 0.1) is 0 Å². The van der Waals surface area contributed by atoms with Gasteiger partial charge in [0.15, 0.2) is 0 Å². The lowest BCUT2D eigenvalue weighted by atomic mass is 10.3. The zero-order valence-electron chi connectivity index (χ0n) is 10.4. The number of carbonyl (C=O) groups excluding carboxylic acids is 2. The molecule has 0 aromatic heterocycles. The molecule has 1 rings (SSSR count). The predicted molar refractivity (Wildman–Crippen MR) is 65.3 cm³/mol. The molecule has 1 amide bonds. The third-order valence-electron chi connectivity index (χ3n) is 2.42. The fourth-order valence-corrected chi connectivity index (χ4v) is 1.46. The standard InChI is InChI=1S/C13H19NO3/c1-3-5-6-7-12(15)14(11-8-9-11)10-13(16)17-4-2/h3,5-7,11H,4,8-10H2,1-2H3/b5-3+,7-6+. The molecule has 0 aromatic rings. The van der Waals surface area contributed by atoms with Gasteiger partial charge in [-0.2, -0.15) is 0 Å². The molecule has 1 fully saturated rings. The molecular weight excluding hydrogens is 218 g/mol. The third-order valence-corrected chi connectivity index (χ3v) is 2.42. The van der Waals surface area contributed by atoms with Gasteiger partial charge in [0.25, 0.3) is 0 Å². The summed E-state index contributed by atoms with van der Waals surface area (Å²) in [7, 11) is 0. The summed E-state index contributed by atoms with van der Waals surface area (Å²) in [6.07, 6.45) is 8.75. The Morgan fingerprint density at radius 2 is 2.06 bits per heavy atom. The molecule has 0 heterocycles. The van der Waals surface area contributed by atoms with Crippen LogP contribution in [0.5, 0.6) is 0 Å². The molecule has 17 heavy (non-hydrogen) atoms. The Bertz CT molecular complexity index is 330. The summed E-state index contributed by atoms with van der Waals surface area (Å²) < 4.78 is 4.86. The number of allylic oxidation sites excluding steroid dienone is 3. The van der Waals surface area contributed by atoms with Crippen LogP contribution in [-0.4, -0.2) is 36.0 Å². The molecule has 1 aliphatic carbocycles. The first-order valence-corrected chi connectivity index (χ1v) is 5.94. The lowest BCUT2D eigenvalue weighted by molar-refractivity contribution is -0.148. The van der Waals surface area contributed by atoms with Crippen LogP contribution in [0.3, 0.4) is 0 Å². The molecule has 0 unspecified atom stereocenters. The fraction of sp³-hybridized carbons (Fsp3) is 0.538. The van der Waals surface area contributed by atoms with E-state index in [-0.39, 0.29) is 24.5 Å². The summed E-state index contributed by atoms with van der Waals surface area (Å²) in [5.41, 5.74) is 0. The van der Waals surface area contributed by atoms with Crippen molar-refractivity contribution < 1.29 is 14.3 Å². The van der Waals surface area contributed by atoms with Crippen LogP contribution >= 0.6 is 0 Å². The molecule has 0 spiro atoms. The van der Waals surface area contributed by atoms with Gasteiger partial charge in [0.05, 0.1) is 6.61 Å². The number of hydrogen-bond acceptors (Lipinski definition) is 3. The van der Waals surface area contributed by atoms with Crippen molar-refractivity contribution in [3.63, 3.8) is 0 Å². The highest BCUT2D eigenvalue weighted by molar-refractivity contribution is 5.91. The van der Waals surface area contributed by atoms with Crippen molar-refractivity contribution in [3.05, 3.63) is 24.3 Å². The molecular formula is C13H19NO3. The highest BCUT2D eigenvalue weighted by Crippen LogP contribution is 2.26. The van der Waals surface area contributed by atoms with Crippen LogP contribution < -0.4 is 0 Å². The summed E-state index contributed by atoms with van der Waals surface area (Å²) in [5.74, 6) is -0.467. The average Bonchev–Trinajstić information content (AvgIpc) is 3.10. The number of carbonyl (C=O) groups is 2. The molecule has 0 N–H and O–H groups in total. The molecule has 0 aromatic carbocycles. The first-order chi connectivity index (χ1) is 8.19. The molecule has 94 valence electrons. The summed E-state index contributed by atoms with van der Waals surface area (Å²) in [6.45, 7) is 4.04. The van der Waals surface area contributed by atoms with Gasteiger partial charge in [-0.3, -0.25) is 9.59 Å². The minimum absolute atomic E-state index is 0.0531. The minimum Gasteiger partial charge on any atom is -0.465 e. The van der Waals surface area contributed by atoms with Gasteiger partial charge in [-0.25, -0.2) is 0 Å². The second-order valence-corrected chi connectivity index (χ2v) is 3.89. The number of nitrogens with zero attached hydrogens (tertiary/aromatic N) is 1. The highest BCUT2D eigenvalue weighted by Gasteiger charge is 2.33. The van der Waals surface area contributed by atoms with E-state index in [1.807, 2.05) is 13.0 Å². The van der Waals surface area contributed by atoms with Crippen molar-refractivity contribution in [2.24, 2.45) is 0 Å². The van der Waals surface area contributed by atoms with E-state index in [1.54, 1.807) is 24.0 Å². The van der Waals surface area contributed by atoms with Crippen LogP contribution in [-0.2, 0) is 14.3 Å². The van der Waals surface area contributed by atoms with Crippen molar-refractivity contribution in [2.75, 3.05) is 13.2 Å². The predicted octanol–water partition coefficient (Wildman–Crippen LogP) is 1.67. The molecule has 0 atom stereocenters. The van der Waals surface area contributed by atoms with Gasteiger partial charge in [0.2, 0.25) is 5.91 Å². The number of hydrogen-bond donors (Lipinski definition) is 0. The maximum atomic E-state index is 11.8. The fourth-order valence-electron chi connectivity index (χ4n) is 1.46. The topological polar surface area (TPSA) is 46.6 Å².